The first-order valence-electron chi connectivity index (χ1n) is 5.51. The van der Waals surface area contributed by atoms with Crippen molar-refractivity contribution in [3.8, 4) is 0 Å². The minimum absolute atomic E-state index is 0.275. The van der Waals surface area contributed by atoms with Gasteiger partial charge in [0, 0.05) is 30.6 Å². The van der Waals surface area contributed by atoms with Gasteiger partial charge in [-0.2, -0.15) is 0 Å². The number of rotatable bonds is 3. The largest absolute Gasteiger partial charge is 0.468 e. The normalized spacial score (nSPS) is 25.1. The number of hydrogen-bond donors (Lipinski definition) is 1. The van der Waals surface area contributed by atoms with E-state index in [0.29, 0.717) is 19.5 Å². The van der Waals surface area contributed by atoms with Crippen LogP contribution in [0.25, 0.3) is 0 Å². The minimum Gasteiger partial charge on any atom is -0.468 e. The molecular weight excluding hydrogens is 240 g/mol. The van der Waals surface area contributed by atoms with Crippen LogP contribution in [0.15, 0.2) is 6.20 Å². The fourth-order valence-electron chi connectivity index (χ4n) is 2.11. The van der Waals surface area contributed by atoms with E-state index in [1.165, 1.54) is 7.11 Å². The van der Waals surface area contributed by atoms with Gasteiger partial charge in [0.2, 0.25) is 0 Å². The molecule has 5 nitrogen and oxygen atoms in total. The van der Waals surface area contributed by atoms with Crippen molar-refractivity contribution >= 4 is 17.3 Å². The summed E-state index contributed by atoms with van der Waals surface area (Å²) in [6.07, 6.45) is 1.82. The van der Waals surface area contributed by atoms with Crippen LogP contribution in [-0.4, -0.2) is 46.8 Å². The van der Waals surface area contributed by atoms with E-state index in [1.807, 2.05) is 18.0 Å². The van der Waals surface area contributed by atoms with Gasteiger partial charge in [0.05, 0.1) is 18.2 Å². The highest BCUT2D eigenvalue weighted by Crippen LogP contribution is 2.23. The molecule has 17 heavy (non-hydrogen) atoms. The van der Waals surface area contributed by atoms with Gasteiger partial charge in [0.15, 0.2) is 0 Å². The number of carbonyl (C=O) groups excluding carboxylic acids is 1. The molecule has 1 N–H and O–H groups in total. The van der Waals surface area contributed by atoms with E-state index in [9.17, 15) is 9.90 Å². The summed E-state index contributed by atoms with van der Waals surface area (Å²) in [6, 6.07) is -0.336. The van der Waals surface area contributed by atoms with Gasteiger partial charge in [-0.15, -0.1) is 11.3 Å². The van der Waals surface area contributed by atoms with Crippen LogP contribution in [0.2, 0.25) is 0 Å². The number of hydrogen-bond acceptors (Lipinski definition) is 6. The zero-order valence-corrected chi connectivity index (χ0v) is 10.7. The van der Waals surface area contributed by atoms with Crippen molar-refractivity contribution in [1.29, 1.82) is 0 Å². The Morgan fingerprint density at radius 1 is 1.76 bits per heavy atom. The molecule has 0 amide bonds. The fourth-order valence-corrected chi connectivity index (χ4v) is 2.93. The van der Waals surface area contributed by atoms with Crippen LogP contribution in [-0.2, 0) is 16.1 Å². The van der Waals surface area contributed by atoms with Crippen molar-refractivity contribution in [2.24, 2.45) is 0 Å². The maximum atomic E-state index is 11.6. The molecule has 2 heterocycles. The molecule has 0 spiro atoms. The van der Waals surface area contributed by atoms with Crippen LogP contribution in [0.3, 0.4) is 0 Å². The topological polar surface area (TPSA) is 62.7 Å². The van der Waals surface area contributed by atoms with Gasteiger partial charge in [-0.1, -0.05) is 0 Å². The van der Waals surface area contributed by atoms with Crippen molar-refractivity contribution in [2.45, 2.75) is 32.0 Å². The van der Waals surface area contributed by atoms with Gasteiger partial charge in [0.1, 0.15) is 6.04 Å². The Kier molecular flexibility index (Phi) is 3.76. The summed E-state index contributed by atoms with van der Waals surface area (Å²) in [5.41, 5.74) is 0. The van der Waals surface area contributed by atoms with Crippen LogP contribution < -0.4 is 0 Å². The second kappa shape index (κ2) is 5.12. The third kappa shape index (κ3) is 2.83. The Balaban J connectivity index is 2.05. The Morgan fingerprint density at radius 2 is 2.53 bits per heavy atom. The average molecular weight is 256 g/mol. The number of aliphatic hydroxyl groups excluding tert-OH is 1. The minimum atomic E-state index is -0.451. The van der Waals surface area contributed by atoms with E-state index in [2.05, 4.69) is 4.98 Å². The summed E-state index contributed by atoms with van der Waals surface area (Å²) in [5, 5.41) is 10.6. The van der Waals surface area contributed by atoms with Gasteiger partial charge in [-0.05, 0) is 6.92 Å². The molecule has 6 heteroatoms. The fraction of sp³-hybridized carbons (Fsp3) is 0.636. The lowest BCUT2D eigenvalue weighted by molar-refractivity contribution is -0.146. The van der Waals surface area contributed by atoms with Gasteiger partial charge in [0.25, 0.3) is 0 Å². The maximum Gasteiger partial charge on any atom is 0.323 e. The molecule has 0 aliphatic carbocycles. The predicted octanol–water partition coefficient (Wildman–Crippen LogP) is 0.560. The number of methoxy groups -OCH3 is 1. The summed E-state index contributed by atoms with van der Waals surface area (Å²) < 4.78 is 4.75. The van der Waals surface area contributed by atoms with Gasteiger partial charge in [-0.25, -0.2) is 4.98 Å². The second-order valence-electron chi connectivity index (χ2n) is 4.20. The number of β-amino-alcohol motifs (C(OH)–C–C–N with tert-alkyl or cyclic N) is 1. The molecule has 1 aliphatic rings. The highest BCUT2D eigenvalue weighted by atomic mass is 32.1. The Bertz CT molecular complexity index is 407. The molecule has 2 atom stereocenters. The number of nitrogens with zero attached hydrogens (tertiary/aromatic N) is 2. The molecule has 1 aromatic rings. The highest BCUT2D eigenvalue weighted by molar-refractivity contribution is 7.11. The Labute approximate surface area is 104 Å². The molecule has 0 radical (unpaired) electrons. The van der Waals surface area contributed by atoms with Crippen LogP contribution in [0.4, 0.5) is 0 Å². The van der Waals surface area contributed by atoms with Crippen molar-refractivity contribution in [2.75, 3.05) is 13.7 Å². The molecule has 2 unspecified atom stereocenters. The van der Waals surface area contributed by atoms with Crippen molar-refractivity contribution in [1.82, 2.24) is 9.88 Å². The molecular formula is C11H16N2O3S. The number of aromatic nitrogens is 1. The van der Waals surface area contributed by atoms with Crippen LogP contribution in [0.5, 0.6) is 0 Å². The summed E-state index contributed by atoms with van der Waals surface area (Å²) >= 11 is 1.61. The van der Waals surface area contributed by atoms with E-state index in [4.69, 9.17) is 4.74 Å². The quantitative estimate of drug-likeness (QED) is 0.801. The maximum absolute atomic E-state index is 11.6. The number of esters is 1. The van der Waals surface area contributed by atoms with Gasteiger partial charge < -0.3 is 9.84 Å². The number of thiazole rings is 1. The Hall–Kier alpha value is -0.980. The predicted molar refractivity (Wildman–Crippen MR) is 63.7 cm³/mol. The van der Waals surface area contributed by atoms with E-state index in [1.54, 1.807) is 11.3 Å². The summed E-state index contributed by atoms with van der Waals surface area (Å²) in [6.45, 7) is 3.10. The van der Waals surface area contributed by atoms with Crippen LogP contribution >= 0.6 is 11.3 Å². The number of ether oxygens (including phenoxy) is 1. The van der Waals surface area contributed by atoms with Gasteiger partial charge in [-0.3, -0.25) is 9.69 Å². The molecule has 0 bridgehead atoms. The van der Waals surface area contributed by atoms with Crippen molar-refractivity contribution in [3.63, 3.8) is 0 Å². The molecule has 94 valence electrons. The monoisotopic (exact) mass is 256 g/mol. The van der Waals surface area contributed by atoms with E-state index >= 15 is 0 Å². The Morgan fingerprint density at radius 3 is 3.12 bits per heavy atom. The zero-order valence-electron chi connectivity index (χ0n) is 9.92. The molecule has 1 aromatic heterocycles. The average Bonchev–Trinajstić information content (AvgIpc) is 2.85. The zero-order chi connectivity index (χ0) is 12.4. The van der Waals surface area contributed by atoms with E-state index < -0.39 is 6.10 Å². The van der Waals surface area contributed by atoms with Crippen LogP contribution in [0.1, 0.15) is 16.3 Å². The molecule has 1 fully saturated rings. The smallest absolute Gasteiger partial charge is 0.323 e. The van der Waals surface area contributed by atoms with Crippen molar-refractivity contribution < 1.29 is 14.6 Å². The van der Waals surface area contributed by atoms with Crippen molar-refractivity contribution in [3.05, 3.63) is 16.1 Å². The number of aryl methyl sites for hydroxylation is 1. The summed E-state index contributed by atoms with van der Waals surface area (Å²) in [7, 11) is 1.38. The molecule has 1 saturated heterocycles. The second-order valence-corrected chi connectivity index (χ2v) is 5.52. The number of carbonyl (C=O) groups is 1. The highest BCUT2D eigenvalue weighted by Gasteiger charge is 2.36. The van der Waals surface area contributed by atoms with E-state index in [0.717, 1.165) is 9.88 Å². The third-order valence-corrected chi connectivity index (χ3v) is 3.78. The molecule has 1 aliphatic heterocycles. The number of aliphatic hydroxyl groups is 1. The van der Waals surface area contributed by atoms with E-state index in [-0.39, 0.29) is 12.0 Å². The first-order valence-corrected chi connectivity index (χ1v) is 6.33. The SMILES string of the molecule is COC(=O)C1CC(O)CN1Cc1cnc(C)s1. The molecule has 0 saturated carbocycles. The first-order chi connectivity index (χ1) is 8.10. The molecule has 0 aromatic carbocycles. The molecule has 2 rings (SSSR count). The van der Waals surface area contributed by atoms with Gasteiger partial charge >= 0.3 is 5.97 Å². The van der Waals surface area contributed by atoms with Crippen LogP contribution in [0, 0.1) is 6.92 Å². The summed E-state index contributed by atoms with van der Waals surface area (Å²) in [5.74, 6) is -0.275. The lowest BCUT2D eigenvalue weighted by atomic mass is 10.2. The lowest BCUT2D eigenvalue weighted by Gasteiger charge is -2.20. The third-order valence-electron chi connectivity index (χ3n) is 2.88. The lowest BCUT2D eigenvalue weighted by Crippen LogP contribution is -2.36. The number of likely N-dealkylation sites (tertiary alicyclic amines) is 1. The standard InChI is InChI=1S/C11H16N2O3S/c1-7-12-4-9(17-7)6-13-5-8(14)3-10(13)11(15)16-2/h4,8,10,14H,3,5-6H2,1-2H3. The summed E-state index contributed by atoms with van der Waals surface area (Å²) in [4.78, 5) is 18.8. The first kappa shape index (κ1) is 12.5.